The summed E-state index contributed by atoms with van der Waals surface area (Å²) < 4.78 is 44.1. The Bertz CT molecular complexity index is 925. The van der Waals surface area contributed by atoms with Crippen LogP contribution in [0.4, 0.5) is 4.39 Å². The quantitative estimate of drug-likeness (QED) is 0.677. The van der Waals surface area contributed by atoms with E-state index in [0.29, 0.717) is 5.69 Å². The van der Waals surface area contributed by atoms with Gasteiger partial charge in [-0.15, -0.1) is 5.10 Å². The molecule has 0 saturated heterocycles. The molecule has 0 amide bonds. The monoisotopic (exact) mass is 334 g/mol. The van der Waals surface area contributed by atoms with E-state index in [1.165, 1.54) is 36.1 Å². The summed E-state index contributed by atoms with van der Waals surface area (Å²) in [5, 5.41) is 10.7. The van der Waals surface area contributed by atoms with Crippen LogP contribution in [0.2, 0.25) is 0 Å². The number of benzene rings is 2. The van der Waals surface area contributed by atoms with E-state index in [0.717, 1.165) is 12.1 Å². The van der Waals surface area contributed by atoms with Crippen molar-refractivity contribution in [3.05, 3.63) is 60.2 Å². The van der Waals surface area contributed by atoms with Gasteiger partial charge in [0.15, 0.2) is 0 Å². The molecule has 7 nitrogen and oxygen atoms in total. The van der Waals surface area contributed by atoms with Crippen LogP contribution < -0.4 is 4.18 Å². The zero-order valence-corrected chi connectivity index (χ0v) is 12.7. The molecule has 0 saturated carbocycles. The lowest BCUT2D eigenvalue weighted by Gasteiger charge is -2.08. The lowest BCUT2D eigenvalue weighted by Crippen LogP contribution is -2.10. The second-order valence-corrected chi connectivity index (χ2v) is 6.24. The molecular weight excluding hydrogens is 323 g/mol. The Balaban J connectivity index is 1.84. The van der Waals surface area contributed by atoms with Crippen molar-refractivity contribution in [3.8, 4) is 11.4 Å². The number of halogens is 1. The number of rotatable bonds is 4. The Hall–Kier alpha value is -2.81. The first kappa shape index (κ1) is 15.1. The molecule has 0 spiro atoms. The summed E-state index contributed by atoms with van der Waals surface area (Å²) in [6, 6.07) is 9.64. The molecule has 0 atom stereocenters. The van der Waals surface area contributed by atoms with Crippen LogP contribution in [0.25, 0.3) is 5.69 Å². The molecule has 0 bridgehead atoms. The van der Waals surface area contributed by atoms with Crippen LogP contribution in [0.3, 0.4) is 0 Å². The molecule has 23 heavy (non-hydrogen) atoms. The Labute approximate surface area is 131 Å². The molecule has 3 aromatic rings. The maximum atomic E-state index is 13.2. The van der Waals surface area contributed by atoms with Crippen LogP contribution >= 0.6 is 0 Å². The van der Waals surface area contributed by atoms with Crippen molar-refractivity contribution in [1.82, 2.24) is 20.2 Å². The first-order valence-corrected chi connectivity index (χ1v) is 7.90. The predicted molar refractivity (Wildman–Crippen MR) is 78.1 cm³/mol. The molecule has 3 rings (SSSR count). The molecule has 1 aromatic heterocycles. The number of aromatic nitrogens is 4. The van der Waals surface area contributed by atoms with Crippen molar-refractivity contribution >= 4 is 10.1 Å². The highest BCUT2D eigenvalue weighted by molar-refractivity contribution is 7.87. The van der Waals surface area contributed by atoms with Gasteiger partial charge in [0.25, 0.3) is 0 Å². The smallest absolute Gasteiger partial charge is 0.339 e. The third kappa shape index (κ3) is 3.19. The van der Waals surface area contributed by atoms with Crippen molar-refractivity contribution in [1.29, 1.82) is 0 Å². The molecule has 0 N–H and O–H groups in total. The van der Waals surface area contributed by atoms with Crippen molar-refractivity contribution in [3.63, 3.8) is 0 Å². The third-order valence-electron chi connectivity index (χ3n) is 3.07. The molecule has 0 fully saturated rings. The highest BCUT2D eigenvalue weighted by atomic mass is 32.2. The summed E-state index contributed by atoms with van der Waals surface area (Å²) in [6.07, 6.45) is 1.41. The first-order chi connectivity index (χ1) is 11.0. The Morgan fingerprint density at radius 3 is 2.48 bits per heavy atom. The van der Waals surface area contributed by atoms with Crippen LogP contribution in [0.1, 0.15) is 5.56 Å². The predicted octanol–water partition coefficient (Wildman–Crippen LogP) is 1.88. The summed E-state index contributed by atoms with van der Waals surface area (Å²) in [5.74, 6) is -0.349. The summed E-state index contributed by atoms with van der Waals surface area (Å²) in [6.45, 7) is 1.48. The number of aryl methyl sites for hydroxylation is 1. The summed E-state index contributed by atoms with van der Waals surface area (Å²) in [7, 11) is -4.03. The molecule has 1 heterocycles. The van der Waals surface area contributed by atoms with Crippen molar-refractivity contribution < 1.29 is 17.0 Å². The van der Waals surface area contributed by atoms with Gasteiger partial charge in [-0.2, -0.15) is 8.42 Å². The van der Waals surface area contributed by atoms with E-state index in [1.54, 1.807) is 12.1 Å². The fourth-order valence-electron chi connectivity index (χ4n) is 1.88. The Morgan fingerprint density at radius 1 is 1.13 bits per heavy atom. The SMILES string of the molecule is Cc1cc(S(=O)(=O)Oc2ccc(-n3cnnn3)cc2)ccc1F. The Morgan fingerprint density at radius 2 is 1.87 bits per heavy atom. The van der Waals surface area contributed by atoms with Gasteiger partial charge in [0.1, 0.15) is 22.8 Å². The molecule has 0 unspecified atom stereocenters. The Kier molecular flexibility index (Phi) is 3.78. The van der Waals surface area contributed by atoms with E-state index in [2.05, 4.69) is 15.5 Å². The minimum atomic E-state index is -4.03. The maximum Gasteiger partial charge on any atom is 0.339 e. The van der Waals surface area contributed by atoms with Gasteiger partial charge >= 0.3 is 10.1 Å². The zero-order chi connectivity index (χ0) is 16.4. The molecule has 0 aliphatic rings. The van der Waals surface area contributed by atoms with Gasteiger partial charge in [0.2, 0.25) is 0 Å². The van der Waals surface area contributed by atoms with E-state index in [1.807, 2.05) is 0 Å². The van der Waals surface area contributed by atoms with Gasteiger partial charge < -0.3 is 4.18 Å². The van der Waals surface area contributed by atoms with E-state index < -0.39 is 15.9 Å². The number of hydrogen-bond donors (Lipinski definition) is 0. The normalized spacial score (nSPS) is 11.4. The fourth-order valence-corrected chi connectivity index (χ4v) is 2.90. The molecule has 118 valence electrons. The highest BCUT2D eigenvalue weighted by Gasteiger charge is 2.18. The summed E-state index contributed by atoms with van der Waals surface area (Å²) in [5.41, 5.74) is 0.876. The van der Waals surface area contributed by atoms with E-state index >= 15 is 0 Å². The zero-order valence-electron chi connectivity index (χ0n) is 11.9. The lowest BCUT2D eigenvalue weighted by atomic mass is 10.2. The van der Waals surface area contributed by atoms with Crippen LogP contribution in [0.5, 0.6) is 5.75 Å². The number of hydrogen-bond acceptors (Lipinski definition) is 6. The number of tetrazole rings is 1. The van der Waals surface area contributed by atoms with Gasteiger partial charge in [-0.05, 0) is 65.4 Å². The first-order valence-electron chi connectivity index (χ1n) is 6.50. The van der Waals surface area contributed by atoms with E-state index in [-0.39, 0.29) is 16.2 Å². The maximum absolute atomic E-state index is 13.2. The molecular formula is C14H11FN4O3S. The lowest BCUT2D eigenvalue weighted by molar-refractivity contribution is 0.485. The highest BCUT2D eigenvalue weighted by Crippen LogP contribution is 2.21. The summed E-state index contributed by atoms with van der Waals surface area (Å²) >= 11 is 0. The van der Waals surface area contributed by atoms with Crippen LogP contribution in [0, 0.1) is 12.7 Å². The van der Waals surface area contributed by atoms with E-state index in [9.17, 15) is 12.8 Å². The standard InChI is InChI=1S/C14H11FN4O3S/c1-10-8-13(6-7-14(10)15)23(20,21)22-12-4-2-11(3-5-12)19-9-16-17-18-19/h2-9H,1H3. The molecule has 2 aromatic carbocycles. The minimum absolute atomic E-state index is 0.110. The second kappa shape index (κ2) is 5.76. The van der Waals surface area contributed by atoms with Gasteiger partial charge in [0.05, 0.1) is 5.69 Å². The summed E-state index contributed by atoms with van der Waals surface area (Å²) in [4.78, 5) is -0.110. The average molecular weight is 334 g/mol. The minimum Gasteiger partial charge on any atom is -0.379 e. The van der Waals surface area contributed by atoms with Crippen molar-refractivity contribution in [2.45, 2.75) is 11.8 Å². The van der Waals surface area contributed by atoms with Crippen molar-refractivity contribution in [2.75, 3.05) is 0 Å². The number of nitrogens with zero attached hydrogens (tertiary/aromatic N) is 4. The third-order valence-corrected chi connectivity index (χ3v) is 4.32. The molecule has 9 heteroatoms. The van der Waals surface area contributed by atoms with Crippen molar-refractivity contribution in [2.24, 2.45) is 0 Å². The molecule has 0 aliphatic heterocycles. The van der Waals surface area contributed by atoms with Crippen LogP contribution in [-0.4, -0.2) is 28.6 Å². The van der Waals surface area contributed by atoms with Gasteiger partial charge in [-0.1, -0.05) is 0 Å². The molecule has 0 radical (unpaired) electrons. The van der Waals surface area contributed by atoms with E-state index in [4.69, 9.17) is 4.18 Å². The van der Waals surface area contributed by atoms with Crippen LogP contribution in [0.15, 0.2) is 53.7 Å². The largest absolute Gasteiger partial charge is 0.379 e. The topological polar surface area (TPSA) is 87.0 Å². The molecule has 0 aliphatic carbocycles. The average Bonchev–Trinajstić information content (AvgIpc) is 3.04. The van der Waals surface area contributed by atoms with Crippen LogP contribution in [-0.2, 0) is 10.1 Å². The second-order valence-electron chi connectivity index (χ2n) is 4.70. The van der Waals surface area contributed by atoms with Gasteiger partial charge in [-0.25, -0.2) is 9.07 Å². The van der Waals surface area contributed by atoms with Gasteiger partial charge in [0, 0.05) is 0 Å². The van der Waals surface area contributed by atoms with Gasteiger partial charge in [-0.3, -0.25) is 0 Å². The fraction of sp³-hybridized carbons (Fsp3) is 0.0714.